The summed E-state index contributed by atoms with van der Waals surface area (Å²) >= 11 is 0. The van der Waals surface area contributed by atoms with Crippen LogP contribution in [0.25, 0.3) is 0 Å². The molecule has 2 aromatic rings. The lowest BCUT2D eigenvalue weighted by molar-refractivity contribution is -0.140. The zero-order valence-corrected chi connectivity index (χ0v) is 15.5. The summed E-state index contributed by atoms with van der Waals surface area (Å²) in [4.78, 5) is 26.0. The third kappa shape index (κ3) is 3.15. The van der Waals surface area contributed by atoms with Crippen molar-refractivity contribution in [2.45, 2.75) is 45.2 Å². The van der Waals surface area contributed by atoms with Gasteiger partial charge in [-0.05, 0) is 39.2 Å². The van der Waals surface area contributed by atoms with Crippen LogP contribution in [0.2, 0.25) is 0 Å². The van der Waals surface area contributed by atoms with E-state index in [0.29, 0.717) is 6.04 Å². The molecule has 0 radical (unpaired) electrons. The molecule has 8 nitrogen and oxygen atoms in total. The van der Waals surface area contributed by atoms with Gasteiger partial charge in [0.15, 0.2) is 0 Å². The number of hydrogen-bond donors (Lipinski definition) is 0. The predicted octanol–water partition coefficient (Wildman–Crippen LogP) is 1.37. The minimum Gasteiger partial charge on any atom is -0.341 e. The number of anilines is 1. The second-order valence-electron chi connectivity index (χ2n) is 7.49. The van der Waals surface area contributed by atoms with Crippen LogP contribution in [0.1, 0.15) is 36.7 Å². The first-order chi connectivity index (χ1) is 12.5. The molecule has 4 rings (SSSR count). The van der Waals surface area contributed by atoms with E-state index in [2.05, 4.69) is 25.2 Å². The first-order valence-electron chi connectivity index (χ1n) is 9.21. The van der Waals surface area contributed by atoms with Crippen LogP contribution < -0.4 is 4.90 Å². The van der Waals surface area contributed by atoms with Crippen molar-refractivity contribution in [2.75, 3.05) is 25.0 Å². The smallest absolute Gasteiger partial charge is 0.225 e. The average Bonchev–Trinajstić information content (AvgIpc) is 3.23. The van der Waals surface area contributed by atoms with E-state index in [4.69, 9.17) is 0 Å². The molecule has 26 heavy (non-hydrogen) atoms. The highest BCUT2D eigenvalue weighted by molar-refractivity contribution is 5.80. The Hall–Kier alpha value is -2.51. The SMILES string of the molecule is Cc1cc(C)nc(N2CCC(N(C)C(=O)C3CC(n4ccnn4)C3)C2)n1. The summed E-state index contributed by atoms with van der Waals surface area (Å²) in [7, 11) is 1.93. The Kier molecular flexibility index (Phi) is 4.34. The van der Waals surface area contributed by atoms with Gasteiger partial charge in [0.1, 0.15) is 0 Å². The third-order valence-corrected chi connectivity index (χ3v) is 5.59. The van der Waals surface area contributed by atoms with Gasteiger partial charge in [0.05, 0.1) is 18.3 Å². The number of carbonyl (C=O) groups excluding carboxylic acids is 1. The van der Waals surface area contributed by atoms with E-state index >= 15 is 0 Å². The van der Waals surface area contributed by atoms with Gasteiger partial charge in [-0.25, -0.2) is 14.6 Å². The number of aromatic nitrogens is 5. The van der Waals surface area contributed by atoms with Crippen LogP contribution in [0.15, 0.2) is 18.5 Å². The van der Waals surface area contributed by atoms with E-state index in [1.54, 1.807) is 6.20 Å². The quantitative estimate of drug-likeness (QED) is 0.824. The molecular formula is C18H25N7O. The largest absolute Gasteiger partial charge is 0.341 e. The van der Waals surface area contributed by atoms with Crippen LogP contribution >= 0.6 is 0 Å². The normalized spacial score (nSPS) is 25.2. The van der Waals surface area contributed by atoms with Gasteiger partial charge in [-0.1, -0.05) is 5.21 Å². The summed E-state index contributed by atoms with van der Waals surface area (Å²) in [5, 5.41) is 7.88. The van der Waals surface area contributed by atoms with E-state index in [-0.39, 0.29) is 17.9 Å². The van der Waals surface area contributed by atoms with E-state index < -0.39 is 0 Å². The molecule has 1 amide bonds. The first-order valence-corrected chi connectivity index (χ1v) is 9.21. The number of amides is 1. The monoisotopic (exact) mass is 355 g/mol. The molecule has 2 fully saturated rings. The predicted molar refractivity (Wildman–Crippen MR) is 96.7 cm³/mol. The molecule has 0 aromatic carbocycles. The lowest BCUT2D eigenvalue weighted by atomic mass is 9.79. The van der Waals surface area contributed by atoms with E-state index in [9.17, 15) is 4.79 Å². The summed E-state index contributed by atoms with van der Waals surface area (Å²) in [6.45, 7) is 5.66. The van der Waals surface area contributed by atoms with Crippen LogP contribution in [0.5, 0.6) is 0 Å². The van der Waals surface area contributed by atoms with Crippen LogP contribution in [-0.4, -0.2) is 61.9 Å². The molecule has 0 N–H and O–H groups in total. The van der Waals surface area contributed by atoms with E-state index in [1.807, 2.05) is 42.7 Å². The van der Waals surface area contributed by atoms with Crippen molar-refractivity contribution >= 4 is 11.9 Å². The van der Waals surface area contributed by atoms with Gasteiger partial charge < -0.3 is 9.80 Å². The molecule has 2 aromatic heterocycles. The molecule has 3 heterocycles. The van der Waals surface area contributed by atoms with E-state index in [1.165, 1.54) is 0 Å². The first kappa shape index (κ1) is 16.9. The Morgan fingerprint density at radius 1 is 1.23 bits per heavy atom. The summed E-state index contributed by atoms with van der Waals surface area (Å²) < 4.78 is 1.86. The van der Waals surface area contributed by atoms with Crippen molar-refractivity contribution in [1.29, 1.82) is 0 Å². The second-order valence-corrected chi connectivity index (χ2v) is 7.49. The molecule has 1 atom stereocenters. The fourth-order valence-corrected chi connectivity index (χ4v) is 3.97. The minimum atomic E-state index is 0.0979. The number of likely N-dealkylation sites (N-methyl/N-ethyl adjacent to an activating group) is 1. The molecule has 1 aliphatic heterocycles. The second kappa shape index (κ2) is 6.66. The number of hydrogen-bond acceptors (Lipinski definition) is 6. The lowest BCUT2D eigenvalue weighted by Gasteiger charge is -2.37. The fourth-order valence-electron chi connectivity index (χ4n) is 3.97. The summed E-state index contributed by atoms with van der Waals surface area (Å²) in [6, 6.07) is 2.51. The Balaban J connectivity index is 1.34. The summed E-state index contributed by atoms with van der Waals surface area (Å²) in [5.74, 6) is 1.12. The molecule has 2 aliphatic rings. The third-order valence-electron chi connectivity index (χ3n) is 5.59. The molecule has 1 saturated carbocycles. The maximum absolute atomic E-state index is 12.8. The lowest BCUT2D eigenvalue weighted by Crippen LogP contribution is -2.46. The maximum atomic E-state index is 12.8. The zero-order valence-electron chi connectivity index (χ0n) is 15.5. The number of aryl methyl sites for hydroxylation is 2. The molecule has 1 unspecified atom stereocenters. The summed E-state index contributed by atoms with van der Waals surface area (Å²) in [6.07, 6.45) is 6.21. The van der Waals surface area contributed by atoms with Crippen molar-refractivity contribution in [3.05, 3.63) is 29.8 Å². The molecular weight excluding hydrogens is 330 g/mol. The highest BCUT2D eigenvalue weighted by Crippen LogP contribution is 2.38. The minimum absolute atomic E-state index is 0.0979. The molecule has 1 aliphatic carbocycles. The van der Waals surface area contributed by atoms with Gasteiger partial charge in [0.25, 0.3) is 0 Å². The Morgan fingerprint density at radius 2 is 1.96 bits per heavy atom. The van der Waals surface area contributed by atoms with Gasteiger partial charge in [0.2, 0.25) is 11.9 Å². The molecule has 0 bridgehead atoms. The van der Waals surface area contributed by atoms with Gasteiger partial charge in [0, 0.05) is 43.6 Å². The zero-order chi connectivity index (χ0) is 18.3. The van der Waals surface area contributed by atoms with Gasteiger partial charge in [-0.15, -0.1) is 5.10 Å². The van der Waals surface area contributed by atoms with Crippen molar-refractivity contribution < 1.29 is 4.79 Å². The van der Waals surface area contributed by atoms with E-state index in [0.717, 1.165) is 49.7 Å². The molecule has 0 spiro atoms. The Bertz CT molecular complexity index is 765. The van der Waals surface area contributed by atoms with Crippen molar-refractivity contribution in [1.82, 2.24) is 29.9 Å². The van der Waals surface area contributed by atoms with Gasteiger partial charge in [-0.3, -0.25) is 4.79 Å². The van der Waals surface area contributed by atoms with Gasteiger partial charge in [-0.2, -0.15) is 0 Å². The van der Waals surface area contributed by atoms with Crippen LogP contribution in [0, 0.1) is 19.8 Å². The highest BCUT2D eigenvalue weighted by Gasteiger charge is 2.40. The van der Waals surface area contributed by atoms with Crippen molar-refractivity contribution in [3.8, 4) is 0 Å². The standard InChI is InChI=1S/C18H25N7O/c1-12-8-13(2)21-18(20-12)24-6-4-15(11-24)23(3)17(26)14-9-16(10-14)25-7-5-19-22-25/h5,7-8,14-16H,4,6,9-11H2,1-3H3. The maximum Gasteiger partial charge on any atom is 0.225 e. The van der Waals surface area contributed by atoms with Crippen molar-refractivity contribution in [3.63, 3.8) is 0 Å². The molecule has 138 valence electrons. The Morgan fingerprint density at radius 3 is 2.62 bits per heavy atom. The van der Waals surface area contributed by atoms with Gasteiger partial charge >= 0.3 is 0 Å². The fraction of sp³-hybridized carbons (Fsp3) is 0.611. The van der Waals surface area contributed by atoms with Crippen LogP contribution in [0.3, 0.4) is 0 Å². The van der Waals surface area contributed by atoms with Crippen molar-refractivity contribution in [2.24, 2.45) is 5.92 Å². The highest BCUT2D eigenvalue weighted by atomic mass is 16.2. The summed E-state index contributed by atoms with van der Waals surface area (Å²) in [5.41, 5.74) is 1.96. The average molecular weight is 355 g/mol. The molecule has 8 heteroatoms. The Labute approximate surface area is 153 Å². The topological polar surface area (TPSA) is 80.0 Å². The van der Waals surface area contributed by atoms with Crippen LogP contribution in [-0.2, 0) is 4.79 Å². The number of nitrogens with zero attached hydrogens (tertiary/aromatic N) is 7. The molecule has 1 saturated heterocycles. The number of rotatable bonds is 4. The van der Waals surface area contributed by atoms with Crippen LogP contribution in [0.4, 0.5) is 5.95 Å². The number of carbonyl (C=O) groups is 1.